The normalized spacial score (nSPS) is 12.7. The van der Waals surface area contributed by atoms with Crippen LogP contribution in [0.2, 0.25) is 0 Å². The molecule has 0 bridgehead atoms. The van der Waals surface area contributed by atoms with E-state index in [0.717, 1.165) is 111 Å². The average molecular weight is 771 g/mol. The van der Waals surface area contributed by atoms with E-state index in [-0.39, 0.29) is 18.0 Å². The summed E-state index contributed by atoms with van der Waals surface area (Å²) >= 11 is 0. The number of phenols is 1. The van der Waals surface area contributed by atoms with Gasteiger partial charge in [0, 0.05) is 23.4 Å². The van der Waals surface area contributed by atoms with E-state index >= 15 is 0 Å². The zero-order valence-electron chi connectivity index (χ0n) is 33.4. The Bertz CT molecular complexity index is 2450. The molecule has 0 aliphatic heterocycles. The van der Waals surface area contributed by atoms with Crippen LogP contribution < -0.4 is 9.47 Å². The minimum absolute atomic E-state index is 0.0285. The minimum atomic E-state index is 0.0285. The summed E-state index contributed by atoms with van der Waals surface area (Å²) in [5.41, 5.74) is 8.36. The number of azo groups is 2. The lowest BCUT2D eigenvalue weighted by molar-refractivity contribution is -0.114. The summed E-state index contributed by atoms with van der Waals surface area (Å²) in [7, 11) is 0. The number of benzene rings is 6. The molecule has 8 nitrogen and oxygen atoms in total. The Balaban J connectivity index is 0.828. The molecule has 1 N–H and O–H groups in total. The van der Waals surface area contributed by atoms with Crippen molar-refractivity contribution >= 4 is 44.9 Å². The van der Waals surface area contributed by atoms with Crippen LogP contribution in [0.5, 0.6) is 17.2 Å². The second kappa shape index (κ2) is 19.6. The van der Waals surface area contributed by atoms with Gasteiger partial charge in [0.05, 0.1) is 30.3 Å². The summed E-state index contributed by atoms with van der Waals surface area (Å²) in [5.74, 6) is 1.52. The van der Waals surface area contributed by atoms with Crippen LogP contribution in [0.25, 0.3) is 16.3 Å². The monoisotopic (exact) mass is 770 g/mol. The molecule has 0 unspecified atom stereocenters. The highest BCUT2D eigenvalue weighted by atomic mass is 16.5. The van der Waals surface area contributed by atoms with Crippen LogP contribution in [0.4, 0.5) is 22.7 Å². The Labute approximate surface area is 341 Å². The van der Waals surface area contributed by atoms with Crippen LogP contribution in [0.3, 0.4) is 0 Å². The number of aromatic hydroxyl groups is 1. The molecule has 0 saturated heterocycles. The van der Waals surface area contributed by atoms with E-state index in [0.29, 0.717) is 19.0 Å². The number of ether oxygens (including phenoxy) is 2. The van der Waals surface area contributed by atoms with Crippen LogP contribution in [0.15, 0.2) is 148 Å². The van der Waals surface area contributed by atoms with Crippen molar-refractivity contribution < 1.29 is 19.4 Å². The predicted octanol–water partition coefficient (Wildman–Crippen LogP) is 14.1. The summed E-state index contributed by atoms with van der Waals surface area (Å²) in [4.78, 5) is 12.5. The Morgan fingerprint density at radius 1 is 0.603 bits per heavy atom. The van der Waals surface area contributed by atoms with Gasteiger partial charge in [-0.05, 0) is 102 Å². The van der Waals surface area contributed by atoms with E-state index in [1.54, 1.807) is 12.1 Å². The number of phenolic OH excluding ortho intramolecular Hbond substituents is 1. The topological polar surface area (TPSA) is 105 Å². The molecule has 58 heavy (non-hydrogen) atoms. The van der Waals surface area contributed by atoms with Crippen LogP contribution in [0.1, 0.15) is 79.2 Å². The molecule has 294 valence electrons. The molecule has 7 rings (SSSR count). The SMILES string of the molecule is Cc1ccccc1N=Nc1ccc(N=Nc2c(OCCCCCCCCCCOc3cc(O)c4c(c3)CC(=O)C=C4c3ccccc3)ccc3ccccc23)c(C)c1. The van der Waals surface area contributed by atoms with Gasteiger partial charge in [0.1, 0.15) is 22.9 Å². The Hall–Kier alpha value is -6.41. The number of hydrogen-bond donors (Lipinski definition) is 1. The van der Waals surface area contributed by atoms with Crippen molar-refractivity contribution in [2.24, 2.45) is 20.5 Å². The smallest absolute Gasteiger partial charge is 0.160 e. The fourth-order valence-electron chi connectivity index (χ4n) is 7.30. The summed E-state index contributed by atoms with van der Waals surface area (Å²) in [6.07, 6.45) is 10.7. The van der Waals surface area contributed by atoms with Crippen molar-refractivity contribution in [1.82, 2.24) is 0 Å². The zero-order chi connectivity index (χ0) is 40.1. The number of aryl methyl sites for hydroxylation is 2. The third-order valence-electron chi connectivity index (χ3n) is 10.5. The molecule has 0 heterocycles. The van der Waals surface area contributed by atoms with Gasteiger partial charge < -0.3 is 14.6 Å². The number of nitrogens with zero attached hydrogens (tertiary/aromatic N) is 4. The quantitative estimate of drug-likeness (QED) is 0.0694. The number of carbonyl (C=O) groups excluding carboxylic acids is 1. The van der Waals surface area contributed by atoms with Gasteiger partial charge in [-0.3, -0.25) is 4.79 Å². The van der Waals surface area contributed by atoms with Crippen molar-refractivity contribution in [2.75, 3.05) is 13.2 Å². The van der Waals surface area contributed by atoms with E-state index in [1.165, 1.54) is 12.8 Å². The number of unbranched alkanes of at least 4 members (excludes halogenated alkanes) is 7. The molecule has 0 spiro atoms. The number of rotatable bonds is 18. The molecule has 0 amide bonds. The van der Waals surface area contributed by atoms with Crippen molar-refractivity contribution in [3.63, 3.8) is 0 Å². The summed E-state index contributed by atoms with van der Waals surface area (Å²) in [6.45, 7) is 5.23. The maximum atomic E-state index is 12.5. The lowest BCUT2D eigenvalue weighted by atomic mass is 9.85. The zero-order valence-corrected chi connectivity index (χ0v) is 33.4. The van der Waals surface area contributed by atoms with Gasteiger partial charge in [-0.1, -0.05) is 117 Å². The van der Waals surface area contributed by atoms with Gasteiger partial charge in [0.25, 0.3) is 0 Å². The molecule has 8 heteroatoms. The van der Waals surface area contributed by atoms with Crippen molar-refractivity contribution in [1.29, 1.82) is 0 Å². The Kier molecular flexibility index (Phi) is 13.5. The third kappa shape index (κ3) is 10.3. The molecular weight excluding hydrogens is 721 g/mol. The summed E-state index contributed by atoms with van der Waals surface area (Å²) in [6, 6.07) is 39.3. The third-order valence-corrected chi connectivity index (χ3v) is 10.5. The first kappa shape index (κ1) is 39.8. The lowest BCUT2D eigenvalue weighted by Crippen LogP contribution is -2.11. The maximum Gasteiger partial charge on any atom is 0.160 e. The minimum Gasteiger partial charge on any atom is -0.507 e. The first-order valence-corrected chi connectivity index (χ1v) is 20.4. The number of carbonyl (C=O) groups is 1. The molecule has 0 saturated carbocycles. The molecule has 6 aromatic rings. The average Bonchev–Trinajstić information content (AvgIpc) is 3.23. The van der Waals surface area contributed by atoms with E-state index in [4.69, 9.17) is 14.6 Å². The second-order valence-electron chi connectivity index (χ2n) is 14.9. The van der Waals surface area contributed by atoms with E-state index < -0.39 is 0 Å². The standard InChI is InChI=1S/C50H50N4O4/c1-35-18-12-15-23-45(35)52-51-40-25-26-46(36(2)30-40)53-54-50-43-22-14-13-21-38(43)24-27-48(50)58-29-17-8-6-4-3-5-7-16-28-57-42-32-39-31-41(55)33-44(49(39)47(56)34-42)37-19-10-9-11-20-37/h9-15,18-27,30,32-34,56H,3-8,16-17,28-29,31H2,1-2H3. The van der Waals surface area contributed by atoms with Crippen LogP contribution in [0, 0.1) is 13.8 Å². The van der Waals surface area contributed by atoms with Crippen molar-refractivity contribution in [2.45, 2.75) is 71.6 Å². The van der Waals surface area contributed by atoms with Gasteiger partial charge in [0.2, 0.25) is 0 Å². The summed E-state index contributed by atoms with van der Waals surface area (Å²) in [5, 5.41) is 31.2. The number of allylic oxidation sites excluding steroid dienone is 1. The first-order chi connectivity index (χ1) is 28.4. The van der Waals surface area contributed by atoms with Gasteiger partial charge >= 0.3 is 0 Å². The van der Waals surface area contributed by atoms with Gasteiger partial charge in [-0.2, -0.15) is 15.3 Å². The molecular formula is C50H50N4O4. The molecule has 0 atom stereocenters. The van der Waals surface area contributed by atoms with E-state index in [1.807, 2.05) is 111 Å². The van der Waals surface area contributed by atoms with Crippen molar-refractivity contribution in [3.8, 4) is 17.2 Å². The highest BCUT2D eigenvalue weighted by Crippen LogP contribution is 2.40. The molecule has 0 fully saturated rings. The lowest BCUT2D eigenvalue weighted by Gasteiger charge is -2.20. The maximum absolute atomic E-state index is 12.5. The Morgan fingerprint density at radius 3 is 2.05 bits per heavy atom. The highest BCUT2D eigenvalue weighted by molar-refractivity contribution is 6.06. The molecule has 6 aromatic carbocycles. The largest absolute Gasteiger partial charge is 0.507 e. The molecule has 1 aliphatic rings. The number of hydrogen-bond acceptors (Lipinski definition) is 8. The molecule has 0 aromatic heterocycles. The molecule has 1 aliphatic carbocycles. The van der Waals surface area contributed by atoms with Crippen LogP contribution >= 0.6 is 0 Å². The van der Waals surface area contributed by atoms with Gasteiger partial charge in [0.15, 0.2) is 5.78 Å². The van der Waals surface area contributed by atoms with Crippen LogP contribution in [-0.2, 0) is 11.2 Å². The highest BCUT2D eigenvalue weighted by Gasteiger charge is 2.23. The van der Waals surface area contributed by atoms with E-state index in [9.17, 15) is 9.90 Å². The van der Waals surface area contributed by atoms with Gasteiger partial charge in [-0.15, -0.1) is 5.11 Å². The number of fused-ring (bicyclic) bond motifs is 2. The predicted molar refractivity (Wildman–Crippen MR) is 233 cm³/mol. The fourth-order valence-corrected chi connectivity index (χ4v) is 7.30. The van der Waals surface area contributed by atoms with Crippen LogP contribution in [-0.4, -0.2) is 24.1 Å². The fraction of sp³-hybridized carbons (Fsp3) is 0.260. The first-order valence-electron chi connectivity index (χ1n) is 20.4. The molecule has 0 radical (unpaired) electrons. The van der Waals surface area contributed by atoms with Crippen molar-refractivity contribution in [3.05, 3.63) is 155 Å². The number of ketones is 1. The van der Waals surface area contributed by atoms with E-state index in [2.05, 4.69) is 33.5 Å². The summed E-state index contributed by atoms with van der Waals surface area (Å²) < 4.78 is 12.3. The second-order valence-corrected chi connectivity index (χ2v) is 14.9. The van der Waals surface area contributed by atoms with Gasteiger partial charge in [-0.25, -0.2) is 0 Å². The Morgan fingerprint density at radius 2 is 1.28 bits per heavy atom.